The Morgan fingerprint density at radius 3 is 2.35 bits per heavy atom. The molecule has 0 unspecified atom stereocenters. The summed E-state index contributed by atoms with van der Waals surface area (Å²) in [6, 6.07) is 4.12. The van der Waals surface area contributed by atoms with Crippen LogP contribution in [0, 0.1) is 0 Å². The van der Waals surface area contributed by atoms with Crippen molar-refractivity contribution in [2.45, 2.75) is 32.5 Å². The molecule has 0 saturated heterocycles. The number of benzene rings is 1. The number of amides is 1. The number of guanidine groups is 1. The van der Waals surface area contributed by atoms with Gasteiger partial charge in [-0.1, -0.05) is 13.8 Å². The smallest absolute Gasteiger partial charge is 0.354 e. The third-order valence-corrected chi connectivity index (χ3v) is 4.63. The number of hydrogen-bond acceptors (Lipinski definition) is 3. The van der Waals surface area contributed by atoms with Gasteiger partial charge in [0.1, 0.15) is 0 Å². The first-order valence-corrected chi connectivity index (χ1v) is 9.92. The molecule has 0 spiro atoms. The number of nitrogens with zero attached hydrogens (tertiary/aromatic N) is 4. The van der Waals surface area contributed by atoms with Gasteiger partial charge in [-0.25, -0.2) is 0 Å². The number of rotatable bonds is 7. The van der Waals surface area contributed by atoms with Crippen LogP contribution in [0.1, 0.15) is 46.9 Å². The van der Waals surface area contributed by atoms with Crippen molar-refractivity contribution in [1.82, 2.24) is 25.3 Å². The maximum Gasteiger partial charge on any atom is 0.416 e. The third-order valence-electron chi connectivity index (χ3n) is 4.63. The van der Waals surface area contributed by atoms with Crippen LogP contribution in [0.25, 0.3) is 0 Å². The molecule has 1 amide bonds. The van der Waals surface area contributed by atoms with Crippen LogP contribution >= 0.6 is 0 Å². The van der Waals surface area contributed by atoms with Gasteiger partial charge in [0.15, 0.2) is 5.96 Å². The average molecular weight is 438 g/mol. The summed E-state index contributed by atoms with van der Waals surface area (Å²) in [7, 11) is 5.47. The first kappa shape index (κ1) is 24.2. The quantitative estimate of drug-likeness (QED) is 0.396. The van der Waals surface area contributed by atoms with Crippen LogP contribution in [0.2, 0.25) is 0 Å². The highest BCUT2D eigenvalue weighted by atomic mass is 19.4. The van der Waals surface area contributed by atoms with Gasteiger partial charge in [-0.2, -0.15) is 18.3 Å². The minimum atomic E-state index is -4.42. The molecule has 0 atom stereocenters. The maximum atomic E-state index is 12.6. The fraction of sp³-hybridized carbons (Fsp3) is 0.476. The van der Waals surface area contributed by atoms with Gasteiger partial charge in [-0.3, -0.25) is 14.5 Å². The largest absolute Gasteiger partial charge is 0.416 e. The molecule has 170 valence electrons. The molecule has 0 aliphatic carbocycles. The Labute approximate surface area is 180 Å². The van der Waals surface area contributed by atoms with Crippen molar-refractivity contribution < 1.29 is 18.0 Å². The molecule has 31 heavy (non-hydrogen) atoms. The topological polar surface area (TPSA) is 74.6 Å². The summed E-state index contributed by atoms with van der Waals surface area (Å²) in [6.07, 6.45) is -2.43. The van der Waals surface area contributed by atoms with Crippen molar-refractivity contribution in [3.8, 4) is 0 Å². The number of nitrogens with one attached hydrogen (secondary N) is 2. The number of carbonyl (C=O) groups excluding carboxylic acids is 1. The van der Waals surface area contributed by atoms with Crippen molar-refractivity contribution in [2.75, 3.05) is 27.2 Å². The van der Waals surface area contributed by atoms with Crippen LogP contribution in [-0.4, -0.2) is 53.7 Å². The maximum absolute atomic E-state index is 12.6. The van der Waals surface area contributed by atoms with Gasteiger partial charge in [0.05, 0.1) is 11.3 Å². The van der Waals surface area contributed by atoms with Gasteiger partial charge < -0.3 is 15.5 Å². The normalized spacial score (nSPS) is 12.2. The summed E-state index contributed by atoms with van der Waals surface area (Å²) >= 11 is 0. The lowest BCUT2D eigenvalue weighted by Crippen LogP contribution is -2.42. The van der Waals surface area contributed by atoms with E-state index in [1.54, 1.807) is 11.7 Å². The molecule has 0 saturated carbocycles. The standard InChI is InChI=1S/C21H29F3N6O/c1-14(2)18-16(13-30(5)28-18)12-29(4)20(25-3)27-11-10-26-19(31)15-6-8-17(9-7-15)21(22,23)24/h6-9,13-14H,10-12H2,1-5H3,(H,25,27)(H,26,31). The molecule has 2 rings (SSSR count). The Hall–Kier alpha value is -3.04. The number of alkyl halides is 3. The van der Waals surface area contributed by atoms with Crippen LogP contribution in [0.15, 0.2) is 35.5 Å². The van der Waals surface area contributed by atoms with Crippen LogP contribution in [0.3, 0.4) is 0 Å². The van der Waals surface area contributed by atoms with Gasteiger partial charge in [0, 0.05) is 58.1 Å². The number of aliphatic imine (C=N–C) groups is 1. The molecular weight excluding hydrogens is 409 g/mol. The summed E-state index contributed by atoms with van der Waals surface area (Å²) in [5.41, 5.74) is 1.53. The van der Waals surface area contributed by atoms with E-state index in [9.17, 15) is 18.0 Å². The second kappa shape index (κ2) is 10.3. The van der Waals surface area contributed by atoms with E-state index in [-0.39, 0.29) is 12.1 Å². The minimum Gasteiger partial charge on any atom is -0.354 e. The van der Waals surface area contributed by atoms with Gasteiger partial charge in [-0.15, -0.1) is 0 Å². The first-order valence-electron chi connectivity index (χ1n) is 9.92. The zero-order chi connectivity index (χ0) is 23.2. The number of aryl methyl sites for hydroxylation is 1. The van der Waals surface area contributed by atoms with Crippen LogP contribution in [0.4, 0.5) is 13.2 Å². The Kier molecular flexibility index (Phi) is 8.07. The molecule has 2 N–H and O–H groups in total. The molecule has 1 aromatic heterocycles. The fourth-order valence-electron chi connectivity index (χ4n) is 3.14. The lowest BCUT2D eigenvalue weighted by atomic mass is 10.1. The van der Waals surface area contributed by atoms with E-state index in [2.05, 4.69) is 34.6 Å². The van der Waals surface area contributed by atoms with E-state index in [0.717, 1.165) is 23.4 Å². The molecule has 0 fully saturated rings. The summed E-state index contributed by atoms with van der Waals surface area (Å²) < 4.78 is 39.6. The molecule has 10 heteroatoms. The van der Waals surface area contributed by atoms with Crippen molar-refractivity contribution in [3.05, 3.63) is 52.8 Å². The van der Waals surface area contributed by atoms with Gasteiger partial charge in [0.2, 0.25) is 0 Å². The predicted octanol–water partition coefficient (Wildman–Crippen LogP) is 3.00. The predicted molar refractivity (Wildman–Crippen MR) is 114 cm³/mol. The van der Waals surface area contributed by atoms with Gasteiger partial charge in [0.25, 0.3) is 5.91 Å². The third kappa shape index (κ3) is 6.73. The number of aromatic nitrogens is 2. The molecule has 1 aromatic carbocycles. The first-order chi connectivity index (χ1) is 14.5. The lowest BCUT2D eigenvalue weighted by Gasteiger charge is -2.22. The highest BCUT2D eigenvalue weighted by Gasteiger charge is 2.30. The van der Waals surface area contributed by atoms with E-state index < -0.39 is 17.6 Å². The van der Waals surface area contributed by atoms with Crippen LogP contribution < -0.4 is 10.6 Å². The molecule has 7 nitrogen and oxygen atoms in total. The Morgan fingerprint density at radius 2 is 1.81 bits per heavy atom. The summed E-state index contributed by atoms with van der Waals surface area (Å²) in [4.78, 5) is 18.3. The monoisotopic (exact) mass is 438 g/mol. The van der Waals surface area contributed by atoms with E-state index in [4.69, 9.17) is 0 Å². The summed E-state index contributed by atoms with van der Waals surface area (Å²) in [5.74, 6) is 0.526. The van der Waals surface area contributed by atoms with E-state index in [1.807, 2.05) is 25.2 Å². The SMILES string of the molecule is CN=C(NCCNC(=O)c1ccc(C(F)(F)F)cc1)N(C)Cc1cn(C)nc1C(C)C. The van der Waals surface area contributed by atoms with Gasteiger partial charge >= 0.3 is 6.18 Å². The summed E-state index contributed by atoms with van der Waals surface area (Å²) in [6.45, 7) is 5.51. The molecule has 2 aromatic rings. The number of hydrogen-bond donors (Lipinski definition) is 2. The minimum absolute atomic E-state index is 0.173. The van der Waals surface area contributed by atoms with Crippen molar-refractivity contribution in [2.24, 2.45) is 12.0 Å². The second-order valence-corrected chi connectivity index (χ2v) is 7.53. The Bertz CT molecular complexity index is 903. The molecule has 0 bridgehead atoms. The molecule has 1 heterocycles. The van der Waals surface area contributed by atoms with Gasteiger partial charge in [-0.05, 0) is 30.2 Å². The molecule has 0 aliphatic rings. The molecule has 0 aliphatic heterocycles. The number of carbonyl (C=O) groups is 1. The van der Waals surface area contributed by atoms with Crippen LogP contribution in [-0.2, 0) is 19.8 Å². The highest BCUT2D eigenvalue weighted by Crippen LogP contribution is 2.29. The average Bonchev–Trinajstić information content (AvgIpc) is 3.07. The van der Waals surface area contributed by atoms with E-state index in [0.29, 0.717) is 25.0 Å². The zero-order valence-electron chi connectivity index (χ0n) is 18.4. The molecule has 0 radical (unpaired) electrons. The van der Waals surface area contributed by atoms with E-state index >= 15 is 0 Å². The number of halogens is 3. The summed E-state index contributed by atoms with van der Waals surface area (Å²) in [5, 5.41) is 10.4. The van der Waals surface area contributed by atoms with Crippen LogP contribution in [0.5, 0.6) is 0 Å². The van der Waals surface area contributed by atoms with Crippen molar-refractivity contribution in [3.63, 3.8) is 0 Å². The van der Waals surface area contributed by atoms with E-state index in [1.165, 1.54) is 12.1 Å². The highest BCUT2D eigenvalue weighted by molar-refractivity contribution is 5.94. The Morgan fingerprint density at radius 1 is 1.19 bits per heavy atom. The fourth-order valence-corrected chi connectivity index (χ4v) is 3.14. The zero-order valence-corrected chi connectivity index (χ0v) is 18.4. The second-order valence-electron chi connectivity index (χ2n) is 7.53. The van der Waals surface area contributed by atoms with Crippen molar-refractivity contribution in [1.29, 1.82) is 0 Å². The van der Waals surface area contributed by atoms with Crippen molar-refractivity contribution >= 4 is 11.9 Å². The molecular formula is C21H29F3N6O. The lowest BCUT2D eigenvalue weighted by molar-refractivity contribution is -0.137. The Balaban J connectivity index is 1.84.